The van der Waals surface area contributed by atoms with Gasteiger partial charge in [0.15, 0.2) is 0 Å². The summed E-state index contributed by atoms with van der Waals surface area (Å²) in [4.78, 5) is 11.5. The second kappa shape index (κ2) is 6.21. The van der Waals surface area contributed by atoms with Gasteiger partial charge >= 0.3 is 0 Å². The van der Waals surface area contributed by atoms with Crippen molar-refractivity contribution in [1.29, 1.82) is 0 Å². The summed E-state index contributed by atoms with van der Waals surface area (Å²) in [7, 11) is 0. The Labute approximate surface area is 98.1 Å². The van der Waals surface area contributed by atoms with Crippen molar-refractivity contribution in [1.82, 2.24) is 10.6 Å². The zero-order chi connectivity index (χ0) is 12.0. The van der Waals surface area contributed by atoms with Crippen molar-refractivity contribution >= 4 is 5.91 Å². The first-order valence-corrected chi connectivity index (χ1v) is 6.11. The summed E-state index contributed by atoms with van der Waals surface area (Å²) < 4.78 is 5.31. The Hall–Kier alpha value is -0.610. The average Bonchev–Trinajstić information content (AvgIpc) is 2.62. The topological polar surface area (TPSA) is 50.4 Å². The molecule has 1 saturated heterocycles. The average molecular weight is 228 g/mol. The van der Waals surface area contributed by atoms with Crippen molar-refractivity contribution < 1.29 is 9.53 Å². The van der Waals surface area contributed by atoms with Gasteiger partial charge in [-0.15, -0.1) is 0 Å². The Bertz CT molecular complexity index is 223. The van der Waals surface area contributed by atoms with Gasteiger partial charge in [-0.25, -0.2) is 0 Å². The minimum absolute atomic E-state index is 0.0185. The Morgan fingerprint density at radius 3 is 2.81 bits per heavy atom. The van der Waals surface area contributed by atoms with Crippen molar-refractivity contribution in [3.63, 3.8) is 0 Å². The van der Waals surface area contributed by atoms with Crippen LogP contribution in [0.3, 0.4) is 0 Å². The number of nitrogens with one attached hydrogen (secondary N) is 2. The number of hydrogen-bond donors (Lipinski definition) is 2. The molecule has 0 aliphatic carbocycles. The van der Waals surface area contributed by atoms with Crippen LogP contribution in [0.1, 0.15) is 33.6 Å². The molecule has 4 heteroatoms. The molecule has 0 radical (unpaired) electrons. The molecule has 1 fully saturated rings. The zero-order valence-electron chi connectivity index (χ0n) is 10.6. The SMILES string of the molecule is CC(C)CCNC(=O)CNC1(C)CCOC1. The van der Waals surface area contributed by atoms with Crippen LogP contribution in [0.4, 0.5) is 0 Å². The fourth-order valence-electron chi connectivity index (χ4n) is 1.66. The van der Waals surface area contributed by atoms with E-state index in [1.807, 2.05) is 0 Å². The van der Waals surface area contributed by atoms with Crippen LogP contribution in [-0.2, 0) is 9.53 Å². The van der Waals surface area contributed by atoms with Gasteiger partial charge in [0.05, 0.1) is 13.2 Å². The van der Waals surface area contributed by atoms with Crippen LogP contribution in [0.5, 0.6) is 0 Å². The van der Waals surface area contributed by atoms with Crippen molar-refractivity contribution in [2.24, 2.45) is 5.92 Å². The van der Waals surface area contributed by atoms with E-state index in [9.17, 15) is 4.79 Å². The maximum absolute atomic E-state index is 11.5. The lowest BCUT2D eigenvalue weighted by molar-refractivity contribution is -0.120. The maximum Gasteiger partial charge on any atom is 0.233 e. The lowest BCUT2D eigenvalue weighted by atomic mass is 10.0. The maximum atomic E-state index is 11.5. The third-order valence-corrected chi connectivity index (χ3v) is 2.94. The quantitative estimate of drug-likeness (QED) is 0.710. The summed E-state index contributed by atoms with van der Waals surface area (Å²) in [6, 6.07) is 0. The number of carbonyl (C=O) groups is 1. The highest BCUT2D eigenvalue weighted by Gasteiger charge is 2.29. The van der Waals surface area contributed by atoms with Crippen molar-refractivity contribution in [2.45, 2.75) is 39.2 Å². The summed E-state index contributed by atoms with van der Waals surface area (Å²) in [6.45, 7) is 9.05. The first kappa shape index (κ1) is 13.5. The third-order valence-electron chi connectivity index (χ3n) is 2.94. The summed E-state index contributed by atoms with van der Waals surface area (Å²) in [5.41, 5.74) is -0.0185. The van der Waals surface area contributed by atoms with Gasteiger partial charge in [-0.05, 0) is 25.7 Å². The van der Waals surface area contributed by atoms with Crippen molar-refractivity contribution in [3.8, 4) is 0 Å². The van der Waals surface area contributed by atoms with Gasteiger partial charge in [0.1, 0.15) is 0 Å². The first-order valence-electron chi connectivity index (χ1n) is 6.11. The molecule has 0 aromatic carbocycles. The van der Waals surface area contributed by atoms with Gasteiger partial charge in [-0.1, -0.05) is 13.8 Å². The van der Waals surface area contributed by atoms with Gasteiger partial charge in [0.25, 0.3) is 0 Å². The monoisotopic (exact) mass is 228 g/mol. The molecule has 94 valence electrons. The number of hydrogen-bond acceptors (Lipinski definition) is 3. The Morgan fingerprint density at radius 1 is 1.50 bits per heavy atom. The van der Waals surface area contributed by atoms with Gasteiger partial charge < -0.3 is 15.4 Å². The predicted molar refractivity (Wildman–Crippen MR) is 64.3 cm³/mol. The second-order valence-corrected chi connectivity index (χ2v) is 5.25. The molecular weight excluding hydrogens is 204 g/mol. The summed E-state index contributed by atoms with van der Waals surface area (Å²) in [6.07, 6.45) is 2.01. The standard InChI is InChI=1S/C12H24N2O2/c1-10(2)4-6-13-11(15)8-14-12(3)5-7-16-9-12/h10,14H,4-9H2,1-3H3,(H,13,15). The van der Waals surface area contributed by atoms with E-state index in [1.165, 1.54) is 0 Å². The smallest absolute Gasteiger partial charge is 0.233 e. The molecule has 16 heavy (non-hydrogen) atoms. The lowest BCUT2D eigenvalue weighted by Crippen LogP contribution is -2.47. The molecule has 1 rings (SSSR count). The normalized spacial score (nSPS) is 25.0. The molecule has 0 aromatic rings. The molecule has 0 bridgehead atoms. The molecule has 4 nitrogen and oxygen atoms in total. The van der Waals surface area contributed by atoms with E-state index in [-0.39, 0.29) is 11.4 Å². The molecule has 2 N–H and O–H groups in total. The number of rotatable bonds is 6. The van der Waals surface area contributed by atoms with E-state index in [0.717, 1.165) is 26.0 Å². The van der Waals surface area contributed by atoms with Crippen LogP contribution in [0.25, 0.3) is 0 Å². The van der Waals surface area contributed by atoms with Crippen LogP contribution in [0, 0.1) is 5.92 Å². The van der Waals surface area contributed by atoms with Crippen LogP contribution in [-0.4, -0.2) is 37.7 Å². The van der Waals surface area contributed by atoms with Crippen LogP contribution >= 0.6 is 0 Å². The summed E-state index contributed by atoms with van der Waals surface area (Å²) >= 11 is 0. The number of ether oxygens (including phenoxy) is 1. The zero-order valence-corrected chi connectivity index (χ0v) is 10.6. The number of amides is 1. The van der Waals surface area contributed by atoms with Crippen molar-refractivity contribution in [2.75, 3.05) is 26.3 Å². The van der Waals surface area contributed by atoms with E-state index in [4.69, 9.17) is 4.74 Å². The molecule has 0 spiro atoms. The molecule has 0 saturated carbocycles. The van der Waals surface area contributed by atoms with Gasteiger partial charge in [0, 0.05) is 18.7 Å². The fourth-order valence-corrected chi connectivity index (χ4v) is 1.66. The van der Waals surface area contributed by atoms with Crippen LogP contribution < -0.4 is 10.6 Å². The Morgan fingerprint density at radius 2 is 2.25 bits per heavy atom. The highest BCUT2D eigenvalue weighted by molar-refractivity contribution is 5.78. The van der Waals surface area contributed by atoms with E-state index >= 15 is 0 Å². The molecule has 1 amide bonds. The molecule has 1 aliphatic heterocycles. The largest absolute Gasteiger partial charge is 0.379 e. The highest BCUT2D eigenvalue weighted by Crippen LogP contribution is 2.16. The molecule has 1 aliphatic rings. The first-order chi connectivity index (χ1) is 7.52. The highest BCUT2D eigenvalue weighted by atomic mass is 16.5. The third kappa shape index (κ3) is 4.94. The van der Waals surface area contributed by atoms with E-state index < -0.39 is 0 Å². The van der Waals surface area contributed by atoms with Gasteiger partial charge in [-0.3, -0.25) is 4.79 Å². The minimum Gasteiger partial charge on any atom is -0.379 e. The Kier molecular flexibility index (Phi) is 5.22. The lowest BCUT2D eigenvalue weighted by Gasteiger charge is -2.23. The molecule has 1 unspecified atom stereocenters. The van der Waals surface area contributed by atoms with E-state index in [0.29, 0.717) is 19.1 Å². The van der Waals surface area contributed by atoms with Gasteiger partial charge in [-0.2, -0.15) is 0 Å². The van der Waals surface area contributed by atoms with E-state index in [2.05, 4.69) is 31.4 Å². The molecular formula is C12H24N2O2. The molecule has 1 atom stereocenters. The minimum atomic E-state index is -0.0185. The van der Waals surface area contributed by atoms with Gasteiger partial charge in [0.2, 0.25) is 5.91 Å². The molecule has 1 heterocycles. The summed E-state index contributed by atoms with van der Waals surface area (Å²) in [5, 5.41) is 6.17. The predicted octanol–water partition coefficient (Wildman–Crippen LogP) is 0.917. The molecule has 0 aromatic heterocycles. The summed E-state index contributed by atoms with van der Waals surface area (Å²) in [5.74, 6) is 0.711. The van der Waals surface area contributed by atoms with Crippen LogP contribution in [0.2, 0.25) is 0 Å². The van der Waals surface area contributed by atoms with Crippen LogP contribution in [0.15, 0.2) is 0 Å². The van der Waals surface area contributed by atoms with Crippen molar-refractivity contribution in [3.05, 3.63) is 0 Å². The second-order valence-electron chi connectivity index (χ2n) is 5.25. The van der Waals surface area contributed by atoms with E-state index in [1.54, 1.807) is 0 Å². The number of carbonyl (C=O) groups excluding carboxylic acids is 1. The Balaban J connectivity index is 2.10. The fraction of sp³-hybridized carbons (Fsp3) is 0.917.